The average molecular weight is 485 g/mol. The molecule has 1 amide bonds. The van der Waals surface area contributed by atoms with Crippen molar-refractivity contribution in [1.82, 2.24) is 4.90 Å². The van der Waals surface area contributed by atoms with Gasteiger partial charge >= 0.3 is 6.09 Å². The van der Waals surface area contributed by atoms with E-state index < -0.39 is 41.5 Å². The van der Waals surface area contributed by atoms with Crippen LogP contribution in [0.4, 0.5) is 4.79 Å². The summed E-state index contributed by atoms with van der Waals surface area (Å²) in [6, 6.07) is -0.404. The quantitative estimate of drug-likeness (QED) is 0.314. The molecule has 0 aromatic rings. The maximum Gasteiger partial charge on any atom is 0.416 e. The van der Waals surface area contributed by atoms with Gasteiger partial charge in [-0.05, 0) is 40.5 Å². The van der Waals surface area contributed by atoms with E-state index in [1.807, 2.05) is 20.8 Å². The Morgan fingerprint density at radius 1 is 1.15 bits per heavy atom. The summed E-state index contributed by atoms with van der Waals surface area (Å²) < 4.78 is 24.1. The Morgan fingerprint density at radius 2 is 1.76 bits per heavy atom. The molecule has 0 unspecified atom stereocenters. The molecule has 0 aromatic carbocycles. The highest BCUT2D eigenvalue weighted by molar-refractivity contribution is 8.14. The number of carbonyl (C=O) groups is 2. The number of amidine groups is 1. The molecule has 9 heteroatoms. The lowest BCUT2D eigenvalue weighted by molar-refractivity contribution is -0.193. The van der Waals surface area contributed by atoms with Crippen LogP contribution in [0.25, 0.3) is 0 Å². The van der Waals surface area contributed by atoms with Crippen LogP contribution in [0.1, 0.15) is 67.2 Å². The number of aliphatic imine (C=N–C) groups is 1. The van der Waals surface area contributed by atoms with Crippen LogP contribution in [0.5, 0.6) is 0 Å². The normalized spacial score (nSPS) is 27.0. The van der Waals surface area contributed by atoms with Gasteiger partial charge in [-0.2, -0.15) is 0 Å². The first-order valence-corrected chi connectivity index (χ1v) is 12.8. The monoisotopic (exact) mass is 484 g/mol. The number of amides is 1. The van der Waals surface area contributed by atoms with Crippen molar-refractivity contribution in [3.63, 3.8) is 0 Å². The van der Waals surface area contributed by atoms with Crippen molar-refractivity contribution in [3.05, 3.63) is 12.7 Å². The van der Waals surface area contributed by atoms with Gasteiger partial charge in [-0.3, -0.25) is 14.7 Å². The molecule has 188 valence electrons. The number of hydrogen-bond acceptors (Lipinski definition) is 8. The van der Waals surface area contributed by atoms with Crippen molar-refractivity contribution >= 4 is 28.8 Å². The van der Waals surface area contributed by atoms with Crippen LogP contribution < -0.4 is 0 Å². The zero-order valence-corrected chi connectivity index (χ0v) is 21.7. The molecule has 33 heavy (non-hydrogen) atoms. The molecule has 0 bridgehead atoms. The van der Waals surface area contributed by atoms with Gasteiger partial charge in [0.15, 0.2) is 11.0 Å². The SMILES string of the molecule is C=CCN(C(=O)OC(C)(C)C)C1=N[C@@H]2[C@@H](OCCCC)[C@H](OCCCC)[C@@H](C(C)=O)O[C@@H]2S1. The third-order valence-corrected chi connectivity index (χ3v) is 6.33. The predicted octanol–water partition coefficient (Wildman–Crippen LogP) is 4.57. The second kappa shape index (κ2) is 12.9. The van der Waals surface area contributed by atoms with Crippen LogP contribution in [-0.2, 0) is 23.7 Å². The molecule has 1 fully saturated rings. The average Bonchev–Trinajstić information content (AvgIpc) is 3.15. The summed E-state index contributed by atoms with van der Waals surface area (Å²) >= 11 is 1.31. The van der Waals surface area contributed by atoms with Gasteiger partial charge in [0.1, 0.15) is 35.4 Å². The molecule has 0 aromatic heterocycles. The lowest BCUT2D eigenvalue weighted by Gasteiger charge is -2.41. The van der Waals surface area contributed by atoms with E-state index in [0.717, 1.165) is 25.7 Å². The summed E-state index contributed by atoms with van der Waals surface area (Å²) in [4.78, 5) is 31.6. The number of Topliss-reactive ketones (excluding diaryl/α,β-unsaturated/α-hetero) is 1. The maximum atomic E-state index is 12.9. The number of fused-ring (bicyclic) bond motifs is 1. The lowest BCUT2D eigenvalue weighted by Crippen LogP contribution is -2.59. The largest absolute Gasteiger partial charge is 0.443 e. The highest BCUT2D eigenvalue weighted by Gasteiger charge is 2.53. The number of rotatable bonds is 11. The van der Waals surface area contributed by atoms with E-state index in [4.69, 9.17) is 23.9 Å². The number of carbonyl (C=O) groups excluding carboxylic acids is 2. The third kappa shape index (κ3) is 7.80. The van der Waals surface area contributed by atoms with Gasteiger partial charge < -0.3 is 18.9 Å². The van der Waals surface area contributed by atoms with Crippen LogP contribution in [0, 0.1) is 0 Å². The first-order valence-electron chi connectivity index (χ1n) is 11.9. The minimum atomic E-state index is -0.744. The highest BCUT2D eigenvalue weighted by Crippen LogP contribution is 2.40. The smallest absolute Gasteiger partial charge is 0.416 e. The van der Waals surface area contributed by atoms with E-state index in [9.17, 15) is 9.59 Å². The van der Waals surface area contributed by atoms with Crippen molar-refractivity contribution in [2.24, 2.45) is 4.99 Å². The number of thioether (sulfide) groups is 1. The van der Waals surface area contributed by atoms with Crippen molar-refractivity contribution in [3.8, 4) is 0 Å². The molecular weight excluding hydrogens is 444 g/mol. The number of ether oxygens (including phenoxy) is 4. The Balaban J connectivity index is 2.33. The van der Waals surface area contributed by atoms with Gasteiger partial charge in [-0.1, -0.05) is 44.5 Å². The fourth-order valence-electron chi connectivity index (χ4n) is 3.56. The molecule has 0 radical (unpaired) electrons. The van der Waals surface area contributed by atoms with E-state index in [1.165, 1.54) is 23.6 Å². The third-order valence-electron chi connectivity index (χ3n) is 5.17. The number of unbranched alkanes of at least 4 members (excludes halogenated alkanes) is 2. The summed E-state index contributed by atoms with van der Waals surface area (Å²) in [6.07, 6.45) is 3.12. The maximum absolute atomic E-state index is 12.9. The van der Waals surface area contributed by atoms with Gasteiger partial charge in [0.05, 0.1) is 0 Å². The minimum absolute atomic E-state index is 0.108. The predicted molar refractivity (Wildman–Crippen MR) is 131 cm³/mol. The molecule has 2 heterocycles. The second-order valence-corrected chi connectivity index (χ2v) is 10.4. The second-order valence-electron chi connectivity index (χ2n) is 9.31. The van der Waals surface area contributed by atoms with Gasteiger partial charge in [-0.25, -0.2) is 4.79 Å². The van der Waals surface area contributed by atoms with Crippen LogP contribution >= 0.6 is 11.8 Å². The summed E-state index contributed by atoms with van der Waals surface area (Å²) in [6.45, 7) is 16.2. The Bertz CT molecular complexity index is 708. The Morgan fingerprint density at radius 3 is 2.27 bits per heavy atom. The molecule has 5 atom stereocenters. The van der Waals surface area contributed by atoms with Gasteiger partial charge in [-0.15, -0.1) is 6.58 Å². The van der Waals surface area contributed by atoms with Crippen LogP contribution in [0.2, 0.25) is 0 Å². The highest BCUT2D eigenvalue weighted by atomic mass is 32.2. The molecule has 1 saturated heterocycles. The lowest BCUT2D eigenvalue weighted by atomic mass is 9.95. The van der Waals surface area contributed by atoms with E-state index in [2.05, 4.69) is 20.4 Å². The molecule has 2 aliphatic rings. The zero-order chi connectivity index (χ0) is 24.6. The van der Waals surface area contributed by atoms with Crippen LogP contribution in [-0.4, -0.2) is 77.1 Å². The van der Waals surface area contributed by atoms with Gasteiger partial charge in [0.2, 0.25) is 0 Å². The van der Waals surface area contributed by atoms with E-state index in [-0.39, 0.29) is 12.3 Å². The van der Waals surface area contributed by atoms with E-state index >= 15 is 0 Å². The fraction of sp³-hybridized carbons (Fsp3) is 0.792. The van der Waals surface area contributed by atoms with E-state index in [0.29, 0.717) is 18.4 Å². The van der Waals surface area contributed by atoms with Crippen molar-refractivity contribution < 1.29 is 28.5 Å². The first kappa shape index (κ1) is 27.8. The summed E-state index contributed by atoms with van der Waals surface area (Å²) in [5.41, 5.74) is -1.10. The summed E-state index contributed by atoms with van der Waals surface area (Å²) in [7, 11) is 0. The molecule has 0 N–H and O–H groups in total. The Kier molecular flexibility index (Phi) is 10.9. The number of ketones is 1. The molecule has 0 aliphatic carbocycles. The van der Waals surface area contributed by atoms with Crippen molar-refractivity contribution in [2.45, 2.75) is 103 Å². The molecule has 8 nitrogen and oxygen atoms in total. The molecule has 0 spiro atoms. The fourth-order valence-corrected chi connectivity index (χ4v) is 4.76. The molecule has 2 aliphatic heterocycles. The summed E-state index contributed by atoms with van der Waals surface area (Å²) in [5, 5.41) is 0.472. The zero-order valence-electron chi connectivity index (χ0n) is 20.9. The van der Waals surface area contributed by atoms with Crippen LogP contribution in [0.3, 0.4) is 0 Å². The van der Waals surface area contributed by atoms with Gasteiger partial charge in [0.25, 0.3) is 0 Å². The number of nitrogens with zero attached hydrogens (tertiary/aromatic N) is 2. The Hall–Kier alpha value is -1.42. The summed E-state index contributed by atoms with van der Waals surface area (Å²) in [5.74, 6) is -0.108. The van der Waals surface area contributed by atoms with E-state index in [1.54, 1.807) is 6.08 Å². The minimum Gasteiger partial charge on any atom is -0.443 e. The first-order chi connectivity index (χ1) is 15.6. The van der Waals surface area contributed by atoms with Crippen molar-refractivity contribution in [2.75, 3.05) is 19.8 Å². The molecular formula is C24H40N2O6S. The van der Waals surface area contributed by atoms with Gasteiger partial charge in [0, 0.05) is 19.8 Å². The molecule has 2 rings (SSSR count). The van der Waals surface area contributed by atoms with Crippen molar-refractivity contribution in [1.29, 1.82) is 0 Å². The van der Waals surface area contributed by atoms with Crippen LogP contribution in [0.15, 0.2) is 17.6 Å². The Labute approximate surface area is 202 Å². The standard InChI is InChI=1S/C24H40N2O6S/c1-8-11-14-29-19-17-21(31-18(16(4)27)20(19)30-15-12-9-2)33-22(25-17)26(13-10-3)23(28)32-24(5,6)7/h10,17-21H,3,8-9,11-15H2,1-2,4-7H3/t17-,18-,19-,20-,21-/m1/s1. The molecule has 0 saturated carbocycles. The number of hydrogen-bond donors (Lipinski definition) is 0. The topological polar surface area (TPSA) is 86.7 Å².